The molecule has 0 fully saturated rings. The average molecular weight is 206 g/mol. The number of hydrogen-bond donors (Lipinski definition) is 1. The summed E-state index contributed by atoms with van der Waals surface area (Å²) in [6, 6.07) is 5.91. The highest BCUT2D eigenvalue weighted by Gasteiger charge is 2.06. The molecule has 0 saturated heterocycles. The van der Waals surface area contributed by atoms with Crippen molar-refractivity contribution in [1.29, 1.82) is 0 Å². The van der Waals surface area contributed by atoms with Gasteiger partial charge < -0.3 is 5.11 Å². The molecule has 1 rings (SSSR count). The Bertz CT molecular complexity index is 322. The Kier molecular flexibility index (Phi) is 4.50. The average Bonchev–Trinajstić information content (AvgIpc) is 2.16. The molecule has 1 N–H and O–H groups in total. The van der Waals surface area contributed by atoms with Gasteiger partial charge in [0.15, 0.2) is 5.78 Å². The van der Waals surface area contributed by atoms with Gasteiger partial charge in [0, 0.05) is 18.6 Å². The molecule has 0 heterocycles. The van der Waals surface area contributed by atoms with Gasteiger partial charge in [-0.15, -0.1) is 0 Å². The summed E-state index contributed by atoms with van der Waals surface area (Å²) in [5, 5.41) is 8.63. The number of aliphatic hydroxyl groups is 1. The highest BCUT2D eigenvalue weighted by atomic mass is 16.2. The summed E-state index contributed by atoms with van der Waals surface area (Å²) in [5.41, 5.74) is 3.05. The van der Waals surface area contributed by atoms with Crippen LogP contribution in [0.25, 0.3) is 0 Å². The summed E-state index contributed by atoms with van der Waals surface area (Å²) in [6.45, 7) is 4.16. The van der Waals surface area contributed by atoms with E-state index in [9.17, 15) is 4.79 Å². The number of benzene rings is 1. The summed E-state index contributed by atoms with van der Waals surface area (Å²) < 4.78 is 0. The van der Waals surface area contributed by atoms with E-state index in [0.29, 0.717) is 12.8 Å². The van der Waals surface area contributed by atoms with Crippen molar-refractivity contribution in [3.63, 3.8) is 0 Å². The van der Waals surface area contributed by atoms with Crippen LogP contribution in [0.1, 0.15) is 40.7 Å². The van der Waals surface area contributed by atoms with Gasteiger partial charge in [0.2, 0.25) is 0 Å². The Hall–Kier alpha value is -1.15. The minimum atomic E-state index is 0.167. The van der Waals surface area contributed by atoms with E-state index in [1.165, 1.54) is 0 Å². The molecule has 0 aliphatic carbocycles. The highest BCUT2D eigenvalue weighted by molar-refractivity contribution is 5.96. The van der Waals surface area contributed by atoms with Gasteiger partial charge in [0.25, 0.3) is 0 Å². The molecule has 0 spiro atoms. The van der Waals surface area contributed by atoms with Crippen LogP contribution < -0.4 is 0 Å². The first kappa shape index (κ1) is 11.9. The lowest BCUT2D eigenvalue weighted by Crippen LogP contribution is -2.00. The standard InChI is InChI=1S/C13H18O2/c1-10-7-11(2)9-12(8-10)13(15)5-3-4-6-14/h7-9,14H,3-6H2,1-2H3. The first-order valence-electron chi connectivity index (χ1n) is 5.36. The molecule has 2 heteroatoms. The summed E-state index contributed by atoms with van der Waals surface area (Å²) in [7, 11) is 0. The van der Waals surface area contributed by atoms with Crippen LogP contribution in [0.15, 0.2) is 18.2 Å². The van der Waals surface area contributed by atoms with Gasteiger partial charge in [-0.2, -0.15) is 0 Å². The zero-order valence-electron chi connectivity index (χ0n) is 9.42. The summed E-state index contributed by atoms with van der Waals surface area (Å²) in [5.74, 6) is 0.176. The number of unbranched alkanes of at least 4 members (excludes halogenated alkanes) is 1. The molecule has 1 aromatic carbocycles. The van der Waals surface area contributed by atoms with E-state index in [1.807, 2.05) is 26.0 Å². The van der Waals surface area contributed by atoms with E-state index in [-0.39, 0.29) is 12.4 Å². The van der Waals surface area contributed by atoms with Crippen molar-refractivity contribution >= 4 is 5.78 Å². The largest absolute Gasteiger partial charge is 0.396 e. The van der Waals surface area contributed by atoms with E-state index in [2.05, 4.69) is 6.07 Å². The number of carbonyl (C=O) groups excluding carboxylic acids is 1. The van der Waals surface area contributed by atoms with E-state index >= 15 is 0 Å². The lowest BCUT2D eigenvalue weighted by atomic mass is 10.0. The number of aliphatic hydroxyl groups excluding tert-OH is 1. The molecule has 0 amide bonds. The second kappa shape index (κ2) is 5.66. The molecule has 2 nitrogen and oxygen atoms in total. The fourth-order valence-electron chi connectivity index (χ4n) is 1.68. The molecule has 0 atom stereocenters. The van der Waals surface area contributed by atoms with Gasteiger partial charge in [-0.25, -0.2) is 0 Å². The zero-order chi connectivity index (χ0) is 11.3. The monoisotopic (exact) mass is 206 g/mol. The van der Waals surface area contributed by atoms with Crippen LogP contribution in [0.5, 0.6) is 0 Å². The molecule has 0 aliphatic rings. The quantitative estimate of drug-likeness (QED) is 0.594. The van der Waals surface area contributed by atoms with E-state index < -0.39 is 0 Å². The van der Waals surface area contributed by atoms with Gasteiger partial charge in [-0.05, 0) is 38.8 Å². The highest BCUT2D eigenvalue weighted by Crippen LogP contribution is 2.12. The van der Waals surface area contributed by atoms with Gasteiger partial charge in [0.1, 0.15) is 0 Å². The van der Waals surface area contributed by atoms with Crippen LogP contribution in [0.4, 0.5) is 0 Å². The third-order valence-electron chi connectivity index (χ3n) is 2.36. The molecule has 0 aromatic heterocycles. The van der Waals surface area contributed by atoms with Crippen LogP contribution in [0.2, 0.25) is 0 Å². The third kappa shape index (κ3) is 3.84. The van der Waals surface area contributed by atoms with Gasteiger partial charge in [0.05, 0.1) is 0 Å². The zero-order valence-corrected chi connectivity index (χ0v) is 9.42. The smallest absolute Gasteiger partial charge is 0.162 e. The predicted molar refractivity (Wildman–Crippen MR) is 61.2 cm³/mol. The van der Waals surface area contributed by atoms with Crippen LogP contribution in [0.3, 0.4) is 0 Å². The van der Waals surface area contributed by atoms with Gasteiger partial charge in [-0.1, -0.05) is 17.2 Å². The minimum Gasteiger partial charge on any atom is -0.396 e. The van der Waals surface area contributed by atoms with Crippen molar-refractivity contribution in [3.8, 4) is 0 Å². The van der Waals surface area contributed by atoms with Crippen LogP contribution in [0, 0.1) is 13.8 Å². The second-order valence-electron chi connectivity index (χ2n) is 3.98. The van der Waals surface area contributed by atoms with Crippen LogP contribution in [-0.4, -0.2) is 17.5 Å². The Morgan fingerprint density at radius 3 is 2.27 bits per heavy atom. The molecule has 15 heavy (non-hydrogen) atoms. The van der Waals surface area contributed by atoms with Gasteiger partial charge >= 0.3 is 0 Å². The van der Waals surface area contributed by atoms with Crippen LogP contribution in [-0.2, 0) is 0 Å². The van der Waals surface area contributed by atoms with Crippen molar-refractivity contribution in [2.75, 3.05) is 6.61 Å². The first-order valence-corrected chi connectivity index (χ1v) is 5.36. The number of rotatable bonds is 5. The van der Waals surface area contributed by atoms with Crippen molar-refractivity contribution in [2.24, 2.45) is 0 Å². The molecule has 82 valence electrons. The minimum absolute atomic E-state index is 0.167. The Labute approximate surface area is 90.9 Å². The topological polar surface area (TPSA) is 37.3 Å². The maximum atomic E-state index is 11.7. The summed E-state index contributed by atoms with van der Waals surface area (Å²) in [6.07, 6.45) is 2.00. The van der Waals surface area contributed by atoms with Crippen molar-refractivity contribution in [1.82, 2.24) is 0 Å². The number of ketones is 1. The first-order chi connectivity index (χ1) is 7.13. The lowest BCUT2D eigenvalue weighted by molar-refractivity contribution is 0.0977. The van der Waals surface area contributed by atoms with Crippen molar-refractivity contribution in [3.05, 3.63) is 34.9 Å². The Morgan fingerprint density at radius 1 is 1.13 bits per heavy atom. The molecular formula is C13H18O2. The molecular weight excluding hydrogens is 188 g/mol. The molecule has 0 aliphatic heterocycles. The molecule has 0 unspecified atom stereocenters. The SMILES string of the molecule is Cc1cc(C)cc(C(=O)CCCCO)c1. The number of Topliss-reactive ketones (excluding diaryl/α,β-unsaturated/α-hetero) is 1. The van der Waals surface area contributed by atoms with E-state index in [1.54, 1.807) is 0 Å². The van der Waals surface area contributed by atoms with Crippen molar-refractivity contribution < 1.29 is 9.90 Å². The number of carbonyl (C=O) groups is 1. The fraction of sp³-hybridized carbons (Fsp3) is 0.462. The normalized spacial score (nSPS) is 10.3. The van der Waals surface area contributed by atoms with E-state index in [4.69, 9.17) is 5.11 Å². The summed E-state index contributed by atoms with van der Waals surface area (Å²) >= 11 is 0. The van der Waals surface area contributed by atoms with Crippen molar-refractivity contribution in [2.45, 2.75) is 33.1 Å². The second-order valence-corrected chi connectivity index (χ2v) is 3.98. The Balaban J connectivity index is 2.65. The van der Waals surface area contributed by atoms with Crippen LogP contribution >= 0.6 is 0 Å². The predicted octanol–water partition coefficient (Wildman–Crippen LogP) is 2.65. The van der Waals surface area contributed by atoms with Gasteiger partial charge in [-0.3, -0.25) is 4.79 Å². The summed E-state index contributed by atoms with van der Waals surface area (Å²) in [4.78, 5) is 11.7. The lowest BCUT2D eigenvalue weighted by Gasteiger charge is -2.03. The molecule has 0 saturated carbocycles. The number of hydrogen-bond acceptors (Lipinski definition) is 2. The number of aryl methyl sites for hydroxylation is 2. The maximum Gasteiger partial charge on any atom is 0.162 e. The molecule has 1 aromatic rings. The van der Waals surface area contributed by atoms with E-state index in [0.717, 1.165) is 23.1 Å². The molecule has 0 radical (unpaired) electrons. The fourth-order valence-corrected chi connectivity index (χ4v) is 1.68. The third-order valence-corrected chi connectivity index (χ3v) is 2.36. The molecule has 0 bridgehead atoms. The maximum absolute atomic E-state index is 11.7. The Morgan fingerprint density at radius 2 is 1.73 bits per heavy atom.